The van der Waals surface area contributed by atoms with Gasteiger partial charge in [-0.05, 0) is 48.7 Å². The van der Waals surface area contributed by atoms with Crippen LogP contribution in [0.5, 0.6) is 5.75 Å². The van der Waals surface area contributed by atoms with Crippen LogP contribution in [-0.2, 0) is 11.3 Å². The molecular weight excluding hydrogens is 574 g/mol. The number of rotatable bonds is 34. The van der Waals surface area contributed by atoms with Crippen LogP contribution in [0.1, 0.15) is 199 Å². The SMILES string of the molecule is CCCCCCCCCCCCCCCCOCc1ccc(-c2ccc(OCCCCCCCCCCCCCCCC)cc2)nc1. The Morgan fingerprint density at radius 2 is 0.830 bits per heavy atom. The first-order chi connectivity index (χ1) is 23.3. The van der Waals surface area contributed by atoms with E-state index < -0.39 is 0 Å². The Kier molecular flexibility index (Phi) is 27.6. The molecule has 3 heteroatoms. The highest BCUT2D eigenvalue weighted by Crippen LogP contribution is 2.22. The number of ether oxygens (including phenoxy) is 2. The molecule has 0 amide bonds. The number of unbranched alkanes of at least 4 members (excludes halogenated alkanes) is 26. The molecular formula is C44H75NO2. The van der Waals surface area contributed by atoms with Gasteiger partial charge in [0.1, 0.15) is 5.75 Å². The summed E-state index contributed by atoms with van der Waals surface area (Å²) >= 11 is 0. The molecule has 1 aromatic carbocycles. The first-order valence-electron chi connectivity index (χ1n) is 20.6. The second kappa shape index (κ2) is 31.4. The second-order valence-electron chi connectivity index (χ2n) is 14.2. The summed E-state index contributed by atoms with van der Waals surface area (Å²) in [6.45, 7) is 6.89. The van der Waals surface area contributed by atoms with Crippen molar-refractivity contribution in [2.24, 2.45) is 0 Å². The van der Waals surface area contributed by atoms with Crippen LogP contribution < -0.4 is 4.74 Å². The summed E-state index contributed by atoms with van der Waals surface area (Å²) in [7, 11) is 0. The van der Waals surface area contributed by atoms with Crippen molar-refractivity contribution in [2.45, 2.75) is 200 Å². The van der Waals surface area contributed by atoms with E-state index in [1.165, 1.54) is 167 Å². The van der Waals surface area contributed by atoms with Gasteiger partial charge in [-0.15, -0.1) is 0 Å². The van der Waals surface area contributed by atoms with Crippen LogP contribution in [0.25, 0.3) is 11.3 Å². The lowest BCUT2D eigenvalue weighted by Gasteiger charge is -2.08. The van der Waals surface area contributed by atoms with Crippen LogP contribution in [0.3, 0.4) is 0 Å². The van der Waals surface area contributed by atoms with E-state index in [1.807, 2.05) is 6.20 Å². The number of pyridine rings is 1. The van der Waals surface area contributed by atoms with Crippen molar-refractivity contribution in [3.8, 4) is 17.0 Å². The van der Waals surface area contributed by atoms with Crippen molar-refractivity contribution in [1.82, 2.24) is 4.98 Å². The maximum absolute atomic E-state index is 6.01. The molecule has 1 heterocycles. The largest absolute Gasteiger partial charge is 0.494 e. The third-order valence-electron chi connectivity index (χ3n) is 9.65. The van der Waals surface area contributed by atoms with Crippen LogP contribution in [0.15, 0.2) is 42.6 Å². The number of hydrogen-bond donors (Lipinski definition) is 0. The van der Waals surface area contributed by atoms with Crippen molar-refractivity contribution < 1.29 is 9.47 Å². The Bertz CT molecular complexity index is 909. The number of benzene rings is 1. The summed E-state index contributed by atoms with van der Waals surface area (Å²) in [5.41, 5.74) is 3.27. The van der Waals surface area contributed by atoms with Gasteiger partial charge in [-0.25, -0.2) is 0 Å². The molecule has 0 aliphatic heterocycles. The van der Waals surface area contributed by atoms with Gasteiger partial charge in [0.2, 0.25) is 0 Å². The Hall–Kier alpha value is -1.87. The molecule has 0 bridgehead atoms. The summed E-state index contributed by atoms with van der Waals surface area (Å²) in [6.07, 6.45) is 40.8. The summed E-state index contributed by atoms with van der Waals surface area (Å²) < 4.78 is 11.9. The second-order valence-corrected chi connectivity index (χ2v) is 14.2. The van der Waals surface area contributed by atoms with E-state index >= 15 is 0 Å². The zero-order valence-corrected chi connectivity index (χ0v) is 31.2. The molecule has 0 unspecified atom stereocenters. The Morgan fingerprint density at radius 3 is 1.23 bits per heavy atom. The lowest BCUT2D eigenvalue weighted by Crippen LogP contribution is -1.98. The quantitative estimate of drug-likeness (QED) is 0.0707. The minimum Gasteiger partial charge on any atom is -0.494 e. The van der Waals surface area contributed by atoms with E-state index in [0.717, 1.165) is 48.6 Å². The highest BCUT2D eigenvalue weighted by molar-refractivity contribution is 5.60. The maximum atomic E-state index is 6.01. The van der Waals surface area contributed by atoms with Gasteiger partial charge in [-0.3, -0.25) is 4.98 Å². The average Bonchev–Trinajstić information content (AvgIpc) is 3.10. The fourth-order valence-corrected chi connectivity index (χ4v) is 6.48. The highest BCUT2D eigenvalue weighted by atomic mass is 16.5. The molecule has 0 spiro atoms. The predicted octanol–water partition coefficient (Wildman–Crippen LogP) is 14.6. The standard InChI is InChI=1S/C44H75NO2/c1-3-5-7-9-11-13-15-17-19-21-23-25-27-29-37-46-40-41-31-36-44(45-39-41)42-32-34-43(35-33-42)47-38-30-28-26-24-22-20-18-16-14-12-10-8-6-4-2/h31-36,39H,3-30,37-38,40H2,1-2H3. The van der Waals surface area contributed by atoms with E-state index in [9.17, 15) is 0 Å². The first-order valence-corrected chi connectivity index (χ1v) is 20.6. The third-order valence-corrected chi connectivity index (χ3v) is 9.65. The van der Waals surface area contributed by atoms with Gasteiger partial charge in [0.15, 0.2) is 0 Å². The Labute approximate surface area is 292 Å². The number of nitrogens with zero attached hydrogens (tertiary/aromatic N) is 1. The topological polar surface area (TPSA) is 31.4 Å². The molecule has 1 aromatic heterocycles. The average molecular weight is 650 g/mol. The van der Waals surface area contributed by atoms with Gasteiger partial charge in [0.25, 0.3) is 0 Å². The van der Waals surface area contributed by atoms with Gasteiger partial charge in [-0.2, -0.15) is 0 Å². The lowest BCUT2D eigenvalue weighted by molar-refractivity contribution is 0.116. The van der Waals surface area contributed by atoms with Crippen molar-refractivity contribution in [3.63, 3.8) is 0 Å². The van der Waals surface area contributed by atoms with Gasteiger partial charge in [-0.1, -0.05) is 187 Å². The van der Waals surface area contributed by atoms with E-state index in [4.69, 9.17) is 14.5 Å². The van der Waals surface area contributed by atoms with Crippen LogP contribution in [-0.4, -0.2) is 18.2 Å². The first kappa shape index (κ1) is 41.3. The fourth-order valence-electron chi connectivity index (χ4n) is 6.48. The Morgan fingerprint density at radius 1 is 0.426 bits per heavy atom. The van der Waals surface area contributed by atoms with Crippen molar-refractivity contribution >= 4 is 0 Å². The summed E-state index contributed by atoms with van der Waals surface area (Å²) in [5.74, 6) is 0.956. The van der Waals surface area contributed by atoms with Crippen LogP contribution in [0.4, 0.5) is 0 Å². The molecule has 47 heavy (non-hydrogen) atoms. The zero-order chi connectivity index (χ0) is 33.3. The maximum Gasteiger partial charge on any atom is 0.119 e. The van der Waals surface area contributed by atoms with Crippen molar-refractivity contribution in [2.75, 3.05) is 13.2 Å². The molecule has 0 atom stereocenters. The molecule has 0 saturated carbocycles. The van der Waals surface area contributed by atoms with E-state index in [0.29, 0.717) is 6.61 Å². The molecule has 268 valence electrons. The normalized spacial score (nSPS) is 11.4. The molecule has 2 rings (SSSR count). The highest BCUT2D eigenvalue weighted by Gasteiger charge is 2.03. The number of hydrogen-bond acceptors (Lipinski definition) is 3. The molecule has 0 aliphatic rings. The van der Waals surface area contributed by atoms with Gasteiger partial charge >= 0.3 is 0 Å². The molecule has 3 nitrogen and oxygen atoms in total. The van der Waals surface area contributed by atoms with Gasteiger partial charge in [0, 0.05) is 18.4 Å². The molecule has 0 N–H and O–H groups in total. The van der Waals surface area contributed by atoms with E-state index in [1.54, 1.807) is 0 Å². The summed E-state index contributed by atoms with van der Waals surface area (Å²) in [6, 6.07) is 12.6. The zero-order valence-electron chi connectivity index (χ0n) is 31.2. The fraction of sp³-hybridized carbons (Fsp3) is 0.750. The monoisotopic (exact) mass is 650 g/mol. The molecule has 2 aromatic rings. The molecule has 0 radical (unpaired) electrons. The minimum absolute atomic E-state index is 0.651. The van der Waals surface area contributed by atoms with E-state index in [2.05, 4.69) is 50.2 Å². The lowest BCUT2D eigenvalue weighted by atomic mass is 10.0. The molecule has 0 fully saturated rings. The van der Waals surface area contributed by atoms with Crippen molar-refractivity contribution in [3.05, 3.63) is 48.2 Å². The molecule has 0 aliphatic carbocycles. The smallest absolute Gasteiger partial charge is 0.119 e. The molecule has 0 saturated heterocycles. The van der Waals surface area contributed by atoms with Gasteiger partial charge in [0.05, 0.1) is 18.9 Å². The van der Waals surface area contributed by atoms with Crippen LogP contribution >= 0.6 is 0 Å². The van der Waals surface area contributed by atoms with Crippen LogP contribution in [0.2, 0.25) is 0 Å². The predicted molar refractivity (Wildman–Crippen MR) is 205 cm³/mol. The van der Waals surface area contributed by atoms with Crippen LogP contribution in [0, 0.1) is 0 Å². The Balaban J connectivity index is 1.40. The third kappa shape index (κ3) is 24.0. The minimum atomic E-state index is 0.651. The van der Waals surface area contributed by atoms with Gasteiger partial charge < -0.3 is 9.47 Å². The number of aromatic nitrogens is 1. The summed E-state index contributed by atoms with van der Waals surface area (Å²) in [5, 5.41) is 0. The van der Waals surface area contributed by atoms with Crippen molar-refractivity contribution in [1.29, 1.82) is 0 Å². The van der Waals surface area contributed by atoms with E-state index in [-0.39, 0.29) is 0 Å². The summed E-state index contributed by atoms with van der Waals surface area (Å²) in [4.78, 5) is 4.69.